The van der Waals surface area contributed by atoms with Gasteiger partial charge >= 0.3 is 18.1 Å². The average Bonchev–Trinajstić information content (AvgIpc) is 2.53. The molecule has 14 heteroatoms. The van der Waals surface area contributed by atoms with E-state index in [9.17, 15) is 31.5 Å². The summed E-state index contributed by atoms with van der Waals surface area (Å²) in [5.74, 6) is -5.51. The van der Waals surface area contributed by atoms with Crippen LogP contribution < -0.4 is 5.32 Å². The Morgan fingerprint density at radius 3 is 1.96 bits per heavy atom. The lowest BCUT2D eigenvalue weighted by atomic mass is 10.2. The normalized spacial score (nSPS) is 10.6. The molecule has 1 rings (SSSR count). The zero-order chi connectivity index (χ0) is 21.0. The number of pyridine rings is 1. The third kappa shape index (κ3) is 11.3. The first-order chi connectivity index (χ1) is 12.5. The molecule has 0 atom stereocenters. The number of rotatable bonds is 8. The molecular weight excluding hydrogens is 423 g/mol. The first-order valence-corrected chi connectivity index (χ1v) is 9.29. The molecular formula is C13H13F5N2O5S2. The van der Waals surface area contributed by atoms with Crippen molar-refractivity contribution in [1.82, 2.24) is 10.3 Å². The number of carbonyl (C=O) groups is 3. The maximum Gasteiger partial charge on any atom is 0.490 e. The summed E-state index contributed by atoms with van der Waals surface area (Å²) in [6.07, 6.45) is -3.47. The fourth-order valence-electron chi connectivity index (χ4n) is 1.17. The van der Waals surface area contributed by atoms with Crippen molar-refractivity contribution in [2.45, 2.75) is 12.6 Å². The number of aliphatic carboxylic acids is 2. The van der Waals surface area contributed by atoms with Gasteiger partial charge < -0.3 is 15.5 Å². The minimum Gasteiger partial charge on any atom is -0.481 e. The van der Waals surface area contributed by atoms with Crippen LogP contribution in [-0.2, 0) is 9.59 Å². The summed E-state index contributed by atoms with van der Waals surface area (Å²) in [5.41, 5.74) is -0.650. The molecule has 152 valence electrons. The van der Waals surface area contributed by atoms with E-state index >= 15 is 0 Å². The molecule has 1 amide bonds. The molecule has 0 radical (unpaired) electrons. The van der Waals surface area contributed by atoms with Crippen LogP contribution in [0.3, 0.4) is 0 Å². The number of aromatic nitrogens is 1. The number of nitrogens with one attached hydrogen (secondary N) is 1. The van der Waals surface area contributed by atoms with E-state index in [0.29, 0.717) is 11.5 Å². The number of carboxylic acids is 2. The highest BCUT2D eigenvalue weighted by atomic mass is 33.1. The lowest BCUT2D eigenvalue weighted by molar-refractivity contribution is -0.192. The summed E-state index contributed by atoms with van der Waals surface area (Å²) in [6.45, 7) is 0.227. The Kier molecular flexibility index (Phi) is 11.4. The van der Waals surface area contributed by atoms with Crippen molar-refractivity contribution in [2.75, 3.05) is 18.1 Å². The van der Waals surface area contributed by atoms with Gasteiger partial charge in [-0.25, -0.2) is 13.6 Å². The van der Waals surface area contributed by atoms with Crippen molar-refractivity contribution in [2.24, 2.45) is 0 Å². The zero-order valence-electron chi connectivity index (χ0n) is 13.3. The maximum absolute atomic E-state index is 13.2. The molecule has 1 aromatic heterocycles. The smallest absolute Gasteiger partial charge is 0.481 e. The minimum atomic E-state index is -5.08. The van der Waals surface area contributed by atoms with E-state index in [2.05, 4.69) is 10.3 Å². The van der Waals surface area contributed by atoms with Crippen LogP contribution >= 0.6 is 21.6 Å². The summed E-state index contributed by atoms with van der Waals surface area (Å²) in [4.78, 5) is 34.0. The van der Waals surface area contributed by atoms with Gasteiger partial charge in [0, 0.05) is 18.1 Å². The van der Waals surface area contributed by atoms with Crippen molar-refractivity contribution in [3.63, 3.8) is 0 Å². The molecule has 0 aliphatic heterocycles. The van der Waals surface area contributed by atoms with Gasteiger partial charge in [-0.2, -0.15) is 13.2 Å². The standard InChI is InChI=1S/C11H12F2N2O3S2.C2HF3O2/c12-7-5-14-6-8(13)10(7)11(18)15-2-4-20-19-3-1-9(16)17;3-2(4,5)1(6)7/h5-6H,1-4H2,(H,15,18)(H,16,17);(H,6,7). The number of amides is 1. The number of halogens is 5. The molecule has 0 bridgehead atoms. The van der Waals surface area contributed by atoms with Crippen molar-refractivity contribution in [3.05, 3.63) is 29.6 Å². The van der Waals surface area contributed by atoms with Crippen LogP contribution in [0.2, 0.25) is 0 Å². The second kappa shape index (κ2) is 12.3. The van der Waals surface area contributed by atoms with Gasteiger partial charge in [-0.05, 0) is 0 Å². The van der Waals surface area contributed by atoms with Gasteiger partial charge in [0.1, 0.15) is 5.56 Å². The zero-order valence-corrected chi connectivity index (χ0v) is 14.9. The van der Waals surface area contributed by atoms with E-state index in [1.807, 2.05) is 0 Å². The lowest BCUT2D eigenvalue weighted by Gasteiger charge is -2.06. The molecule has 0 saturated heterocycles. The molecule has 0 aliphatic carbocycles. The topological polar surface area (TPSA) is 117 Å². The van der Waals surface area contributed by atoms with Crippen LogP contribution in [0, 0.1) is 11.6 Å². The fourth-order valence-corrected chi connectivity index (χ4v) is 3.06. The summed E-state index contributed by atoms with van der Waals surface area (Å²) in [7, 11) is 2.74. The SMILES string of the molecule is O=C(O)C(F)(F)F.O=C(O)CCSSCCNC(=O)c1c(F)cncc1F. The van der Waals surface area contributed by atoms with Gasteiger partial charge in [-0.1, -0.05) is 21.6 Å². The van der Waals surface area contributed by atoms with Gasteiger partial charge in [0.2, 0.25) is 0 Å². The Morgan fingerprint density at radius 2 is 1.52 bits per heavy atom. The summed E-state index contributed by atoms with van der Waals surface area (Å²) in [5, 5.41) is 17.9. The predicted octanol–water partition coefficient (Wildman–Crippen LogP) is 2.58. The van der Waals surface area contributed by atoms with Gasteiger partial charge in [0.05, 0.1) is 18.8 Å². The molecule has 0 aliphatic rings. The molecule has 1 heterocycles. The first-order valence-electron chi connectivity index (χ1n) is 6.80. The Labute approximate surface area is 157 Å². The largest absolute Gasteiger partial charge is 0.490 e. The van der Waals surface area contributed by atoms with Crippen LogP contribution in [0.15, 0.2) is 12.4 Å². The van der Waals surface area contributed by atoms with Crippen molar-refractivity contribution in [3.8, 4) is 0 Å². The van der Waals surface area contributed by atoms with Gasteiger partial charge in [-0.3, -0.25) is 14.6 Å². The van der Waals surface area contributed by atoms with Gasteiger partial charge in [0.15, 0.2) is 11.6 Å². The Bertz CT molecular complexity index is 640. The van der Waals surface area contributed by atoms with E-state index < -0.39 is 41.2 Å². The predicted molar refractivity (Wildman–Crippen MR) is 87.3 cm³/mol. The molecule has 1 aromatic rings. The molecule has 7 nitrogen and oxygen atoms in total. The van der Waals surface area contributed by atoms with Crippen molar-refractivity contribution >= 4 is 39.4 Å². The van der Waals surface area contributed by atoms with Crippen molar-refractivity contribution < 1.29 is 46.5 Å². The Balaban J connectivity index is 0.000000821. The Morgan fingerprint density at radius 1 is 1.04 bits per heavy atom. The van der Waals surface area contributed by atoms with Crippen LogP contribution in [0.5, 0.6) is 0 Å². The van der Waals surface area contributed by atoms with Gasteiger partial charge in [0.25, 0.3) is 5.91 Å². The molecule has 0 spiro atoms. The van der Waals surface area contributed by atoms with E-state index in [-0.39, 0.29) is 13.0 Å². The average molecular weight is 436 g/mol. The monoisotopic (exact) mass is 436 g/mol. The van der Waals surface area contributed by atoms with Gasteiger partial charge in [-0.15, -0.1) is 0 Å². The highest BCUT2D eigenvalue weighted by molar-refractivity contribution is 8.76. The summed E-state index contributed by atoms with van der Waals surface area (Å²) < 4.78 is 58.2. The van der Waals surface area contributed by atoms with E-state index in [1.54, 1.807) is 0 Å². The lowest BCUT2D eigenvalue weighted by Crippen LogP contribution is -2.27. The fraction of sp³-hybridized carbons (Fsp3) is 0.385. The number of hydrogen-bond acceptors (Lipinski definition) is 6. The number of alkyl halides is 3. The first kappa shape index (κ1) is 24.9. The second-order valence-corrected chi connectivity index (χ2v) is 7.03. The van der Waals surface area contributed by atoms with E-state index in [1.165, 1.54) is 21.6 Å². The summed E-state index contributed by atoms with van der Waals surface area (Å²) in [6, 6.07) is 0. The van der Waals surface area contributed by atoms with E-state index in [4.69, 9.17) is 15.0 Å². The second-order valence-electron chi connectivity index (χ2n) is 4.32. The molecule has 27 heavy (non-hydrogen) atoms. The van der Waals surface area contributed by atoms with E-state index in [0.717, 1.165) is 12.4 Å². The number of hydrogen-bond donors (Lipinski definition) is 3. The third-order valence-electron chi connectivity index (χ3n) is 2.28. The molecule has 0 unspecified atom stereocenters. The van der Waals surface area contributed by atoms with Crippen LogP contribution in [0.25, 0.3) is 0 Å². The quantitative estimate of drug-likeness (QED) is 0.324. The summed E-state index contributed by atoms with van der Waals surface area (Å²) >= 11 is 0. The molecule has 0 saturated carbocycles. The number of carbonyl (C=O) groups excluding carboxylic acids is 1. The molecule has 3 N–H and O–H groups in total. The Hall–Kier alpha value is -2.09. The van der Waals surface area contributed by atoms with Crippen LogP contribution in [-0.4, -0.2) is 57.3 Å². The van der Waals surface area contributed by atoms with Crippen LogP contribution in [0.4, 0.5) is 22.0 Å². The molecule has 0 aromatic carbocycles. The third-order valence-corrected chi connectivity index (χ3v) is 4.68. The highest BCUT2D eigenvalue weighted by Crippen LogP contribution is 2.21. The maximum atomic E-state index is 13.2. The number of carboxylic acid groups (broad SMARTS) is 2. The number of nitrogens with zero attached hydrogens (tertiary/aromatic N) is 1. The highest BCUT2D eigenvalue weighted by Gasteiger charge is 2.38. The van der Waals surface area contributed by atoms with Crippen molar-refractivity contribution in [1.29, 1.82) is 0 Å². The van der Waals surface area contributed by atoms with Crippen LogP contribution in [0.1, 0.15) is 16.8 Å². The minimum absolute atomic E-state index is 0.0669. The molecule has 0 fully saturated rings.